The number of rotatable bonds is 3. The Bertz CT molecular complexity index is 334. The molecule has 0 radical (unpaired) electrons. The molecule has 2 N–H and O–H groups in total. The zero-order valence-corrected chi connectivity index (χ0v) is 10.6. The highest BCUT2D eigenvalue weighted by molar-refractivity contribution is 7.92. The standard InChI is InChI=1S/C8H17N3O2S2/c1-7(8(9)14)15(12,13)11-5-3-10(2)4-6-11/h7H,3-6H2,1-2H3,(H2,9,14). The van der Waals surface area contributed by atoms with Crippen LogP contribution in [-0.2, 0) is 10.0 Å². The van der Waals surface area contributed by atoms with Crippen LogP contribution in [0.25, 0.3) is 0 Å². The third-order valence-corrected chi connectivity index (χ3v) is 5.40. The minimum absolute atomic E-state index is 0.0360. The Morgan fingerprint density at radius 3 is 2.20 bits per heavy atom. The van der Waals surface area contributed by atoms with Gasteiger partial charge in [0.15, 0.2) is 0 Å². The molecule has 0 spiro atoms. The molecule has 1 aliphatic heterocycles. The van der Waals surface area contributed by atoms with Gasteiger partial charge in [-0.15, -0.1) is 0 Å². The molecule has 7 heteroatoms. The van der Waals surface area contributed by atoms with E-state index in [0.717, 1.165) is 13.1 Å². The van der Waals surface area contributed by atoms with Gasteiger partial charge >= 0.3 is 0 Å². The third-order valence-electron chi connectivity index (χ3n) is 2.67. The van der Waals surface area contributed by atoms with Crippen LogP contribution in [0.4, 0.5) is 0 Å². The average Bonchev–Trinajstić information content (AvgIpc) is 2.17. The zero-order chi connectivity index (χ0) is 11.6. The van der Waals surface area contributed by atoms with Crippen molar-refractivity contribution in [1.29, 1.82) is 0 Å². The van der Waals surface area contributed by atoms with Crippen LogP contribution in [0.1, 0.15) is 6.92 Å². The number of piperazine rings is 1. The molecule has 1 rings (SSSR count). The van der Waals surface area contributed by atoms with Crippen molar-refractivity contribution in [2.24, 2.45) is 5.73 Å². The van der Waals surface area contributed by atoms with E-state index in [1.807, 2.05) is 7.05 Å². The zero-order valence-electron chi connectivity index (χ0n) is 9.01. The molecule has 88 valence electrons. The van der Waals surface area contributed by atoms with Gasteiger partial charge in [0.2, 0.25) is 10.0 Å². The Kier molecular flexibility index (Phi) is 4.05. The summed E-state index contributed by atoms with van der Waals surface area (Å²) >= 11 is 4.72. The van der Waals surface area contributed by atoms with Crippen molar-refractivity contribution in [3.8, 4) is 0 Å². The summed E-state index contributed by atoms with van der Waals surface area (Å²) in [5.41, 5.74) is 5.37. The van der Waals surface area contributed by atoms with Crippen molar-refractivity contribution in [2.75, 3.05) is 33.2 Å². The van der Waals surface area contributed by atoms with E-state index in [4.69, 9.17) is 18.0 Å². The molecule has 1 unspecified atom stereocenters. The van der Waals surface area contributed by atoms with Gasteiger partial charge in [0, 0.05) is 26.2 Å². The Hall–Kier alpha value is -0.240. The number of hydrogen-bond acceptors (Lipinski definition) is 4. The lowest BCUT2D eigenvalue weighted by Gasteiger charge is -2.33. The number of sulfonamides is 1. The van der Waals surface area contributed by atoms with E-state index >= 15 is 0 Å². The van der Waals surface area contributed by atoms with Crippen LogP contribution in [0.3, 0.4) is 0 Å². The van der Waals surface area contributed by atoms with E-state index < -0.39 is 15.3 Å². The molecule has 0 amide bonds. The fourth-order valence-corrected chi connectivity index (χ4v) is 3.19. The van der Waals surface area contributed by atoms with Crippen LogP contribution in [0.15, 0.2) is 0 Å². The molecule has 1 fully saturated rings. The van der Waals surface area contributed by atoms with Crippen LogP contribution < -0.4 is 5.73 Å². The Labute approximate surface area is 96.3 Å². The highest BCUT2D eigenvalue weighted by atomic mass is 32.2. The minimum Gasteiger partial charge on any atom is -0.392 e. The summed E-state index contributed by atoms with van der Waals surface area (Å²) in [7, 11) is -1.37. The topological polar surface area (TPSA) is 66.6 Å². The molecule has 0 aromatic heterocycles. The van der Waals surface area contributed by atoms with Crippen molar-refractivity contribution in [3.05, 3.63) is 0 Å². The molecule has 15 heavy (non-hydrogen) atoms. The maximum absolute atomic E-state index is 12.0. The number of likely N-dealkylation sites (N-methyl/N-ethyl adjacent to an activating group) is 1. The third kappa shape index (κ3) is 2.87. The molecular formula is C8H17N3O2S2. The van der Waals surface area contributed by atoms with E-state index in [9.17, 15) is 8.42 Å². The van der Waals surface area contributed by atoms with Crippen molar-refractivity contribution >= 4 is 27.2 Å². The average molecular weight is 251 g/mol. The first-order valence-electron chi connectivity index (χ1n) is 4.82. The fraction of sp³-hybridized carbons (Fsp3) is 0.875. The van der Waals surface area contributed by atoms with Crippen LogP contribution in [0.2, 0.25) is 0 Å². The quantitative estimate of drug-likeness (QED) is 0.668. The predicted octanol–water partition coefficient (Wildman–Crippen LogP) is -0.762. The lowest BCUT2D eigenvalue weighted by Crippen LogP contribution is -2.51. The van der Waals surface area contributed by atoms with E-state index in [-0.39, 0.29) is 4.99 Å². The summed E-state index contributed by atoms with van der Waals surface area (Å²) in [5.74, 6) is 0. The van der Waals surface area contributed by atoms with Gasteiger partial charge in [-0.25, -0.2) is 8.42 Å². The first-order chi connectivity index (χ1) is 6.85. The van der Waals surface area contributed by atoms with Gasteiger partial charge in [0.25, 0.3) is 0 Å². The highest BCUT2D eigenvalue weighted by Gasteiger charge is 2.32. The second-order valence-electron chi connectivity index (χ2n) is 3.79. The Balaban J connectivity index is 2.74. The SMILES string of the molecule is CC(C(N)=S)S(=O)(=O)N1CCN(C)CC1. The molecule has 0 aromatic rings. The van der Waals surface area contributed by atoms with E-state index in [1.54, 1.807) is 0 Å². The molecule has 0 aromatic carbocycles. The summed E-state index contributed by atoms with van der Waals surface area (Å²) < 4.78 is 25.4. The maximum Gasteiger partial charge on any atom is 0.223 e. The van der Waals surface area contributed by atoms with Gasteiger partial charge in [0.05, 0.1) is 4.99 Å². The van der Waals surface area contributed by atoms with Crippen molar-refractivity contribution in [3.63, 3.8) is 0 Å². The summed E-state index contributed by atoms with van der Waals surface area (Å²) in [6.45, 7) is 4.08. The fourth-order valence-electron chi connectivity index (χ4n) is 1.41. The molecule has 1 aliphatic rings. The summed E-state index contributed by atoms with van der Waals surface area (Å²) in [6, 6.07) is 0. The number of hydrogen-bond donors (Lipinski definition) is 1. The van der Waals surface area contributed by atoms with Crippen molar-refractivity contribution < 1.29 is 8.42 Å². The Morgan fingerprint density at radius 1 is 1.33 bits per heavy atom. The smallest absolute Gasteiger partial charge is 0.223 e. The van der Waals surface area contributed by atoms with Gasteiger partial charge in [0.1, 0.15) is 5.25 Å². The maximum atomic E-state index is 12.0. The summed E-state index contributed by atoms with van der Waals surface area (Å²) in [6.07, 6.45) is 0. The minimum atomic E-state index is -3.34. The van der Waals surface area contributed by atoms with Crippen LogP contribution >= 0.6 is 12.2 Å². The second kappa shape index (κ2) is 4.73. The van der Waals surface area contributed by atoms with E-state index in [2.05, 4.69) is 4.90 Å². The van der Waals surface area contributed by atoms with Crippen LogP contribution in [0.5, 0.6) is 0 Å². The van der Waals surface area contributed by atoms with E-state index in [0.29, 0.717) is 13.1 Å². The van der Waals surface area contributed by atoms with Gasteiger partial charge in [-0.05, 0) is 14.0 Å². The first kappa shape index (κ1) is 12.8. The monoisotopic (exact) mass is 251 g/mol. The van der Waals surface area contributed by atoms with E-state index in [1.165, 1.54) is 11.2 Å². The van der Waals surface area contributed by atoms with Crippen molar-refractivity contribution in [1.82, 2.24) is 9.21 Å². The molecule has 5 nitrogen and oxygen atoms in total. The molecule has 0 aliphatic carbocycles. The predicted molar refractivity (Wildman–Crippen MR) is 64.2 cm³/mol. The molecule has 1 heterocycles. The lowest BCUT2D eigenvalue weighted by atomic mass is 10.4. The van der Waals surface area contributed by atoms with Gasteiger partial charge in [-0.3, -0.25) is 0 Å². The second-order valence-corrected chi connectivity index (χ2v) is 6.52. The molecule has 0 bridgehead atoms. The normalized spacial score (nSPS) is 22.5. The highest BCUT2D eigenvalue weighted by Crippen LogP contribution is 2.12. The number of nitrogens with zero attached hydrogens (tertiary/aromatic N) is 2. The van der Waals surface area contributed by atoms with Gasteiger partial charge < -0.3 is 10.6 Å². The van der Waals surface area contributed by atoms with Crippen LogP contribution in [0, 0.1) is 0 Å². The summed E-state index contributed by atoms with van der Waals surface area (Å²) in [4.78, 5) is 2.13. The lowest BCUT2D eigenvalue weighted by molar-refractivity contribution is 0.222. The van der Waals surface area contributed by atoms with Gasteiger partial charge in [-0.1, -0.05) is 12.2 Å². The molecular weight excluding hydrogens is 234 g/mol. The van der Waals surface area contributed by atoms with Gasteiger partial charge in [-0.2, -0.15) is 4.31 Å². The Morgan fingerprint density at radius 2 is 1.80 bits per heavy atom. The van der Waals surface area contributed by atoms with Crippen molar-refractivity contribution in [2.45, 2.75) is 12.2 Å². The largest absolute Gasteiger partial charge is 0.392 e. The molecule has 1 atom stereocenters. The van der Waals surface area contributed by atoms with Crippen LogP contribution in [-0.4, -0.2) is 61.1 Å². The first-order valence-corrected chi connectivity index (χ1v) is 6.73. The molecule has 0 saturated carbocycles. The number of nitrogens with two attached hydrogens (primary N) is 1. The number of thiocarbonyl (C=S) groups is 1. The molecule has 1 saturated heterocycles. The summed E-state index contributed by atoms with van der Waals surface area (Å²) in [5, 5.41) is -0.768.